The number of carbonyl (C=O) groups excluding carboxylic acids is 3. The predicted molar refractivity (Wildman–Crippen MR) is 103 cm³/mol. The molecule has 0 aliphatic carbocycles. The Bertz CT molecular complexity index is 720. The summed E-state index contributed by atoms with van der Waals surface area (Å²) in [5, 5.41) is 2.44. The Labute approximate surface area is 158 Å². The third-order valence-electron chi connectivity index (χ3n) is 3.64. The molecule has 0 spiro atoms. The van der Waals surface area contributed by atoms with E-state index in [1.54, 1.807) is 25.3 Å². The number of amides is 3. The van der Waals surface area contributed by atoms with Gasteiger partial charge in [-0.05, 0) is 40.9 Å². The number of benzene rings is 1. The van der Waals surface area contributed by atoms with Crippen molar-refractivity contribution in [2.24, 2.45) is 5.41 Å². The van der Waals surface area contributed by atoms with Crippen molar-refractivity contribution in [1.29, 1.82) is 0 Å². The van der Waals surface area contributed by atoms with Crippen LogP contribution in [0.3, 0.4) is 0 Å². The lowest BCUT2D eigenvalue weighted by Crippen LogP contribution is -2.38. The molecule has 7 heteroatoms. The van der Waals surface area contributed by atoms with Crippen molar-refractivity contribution in [2.45, 2.75) is 27.2 Å². The van der Waals surface area contributed by atoms with Crippen LogP contribution < -0.4 is 10.1 Å². The van der Waals surface area contributed by atoms with E-state index in [1.807, 2.05) is 32.9 Å². The van der Waals surface area contributed by atoms with E-state index in [9.17, 15) is 14.4 Å². The van der Waals surface area contributed by atoms with Crippen LogP contribution in [0.5, 0.6) is 5.75 Å². The molecule has 0 bridgehead atoms. The number of nitrogens with one attached hydrogen (secondary N) is 1. The number of hydrogen-bond donors (Lipinski definition) is 1. The summed E-state index contributed by atoms with van der Waals surface area (Å²) in [5.74, 6) is 0.306. The minimum Gasteiger partial charge on any atom is -0.497 e. The summed E-state index contributed by atoms with van der Waals surface area (Å²) < 4.78 is 5.10. The van der Waals surface area contributed by atoms with Gasteiger partial charge in [-0.2, -0.15) is 0 Å². The van der Waals surface area contributed by atoms with Crippen LogP contribution in [0.25, 0.3) is 6.08 Å². The zero-order valence-corrected chi connectivity index (χ0v) is 16.3. The molecule has 1 N–H and O–H groups in total. The third-order valence-corrected chi connectivity index (χ3v) is 4.54. The molecule has 0 radical (unpaired) electrons. The molecule has 140 valence electrons. The van der Waals surface area contributed by atoms with Gasteiger partial charge in [-0.1, -0.05) is 32.9 Å². The summed E-state index contributed by atoms with van der Waals surface area (Å²) in [4.78, 5) is 37.9. The predicted octanol–water partition coefficient (Wildman–Crippen LogP) is 3.28. The number of imide groups is 1. The van der Waals surface area contributed by atoms with Crippen LogP contribution in [0.4, 0.5) is 4.79 Å². The third kappa shape index (κ3) is 5.62. The molecule has 1 aromatic carbocycles. The zero-order chi connectivity index (χ0) is 19.3. The Hall–Kier alpha value is -2.28. The SMILES string of the molecule is COc1ccc(/C=C2\SC(=O)N(CCNC(=O)CC(C)(C)C)C2=O)cc1. The molecular formula is C19H24N2O4S. The van der Waals surface area contributed by atoms with Gasteiger partial charge in [0.15, 0.2) is 0 Å². The standard InChI is InChI=1S/C19H24N2O4S/c1-19(2,3)12-16(22)20-9-10-21-17(23)15(26-18(21)24)11-13-5-7-14(25-4)8-6-13/h5-8,11H,9-10,12H2,1-4H3,(H,20,22)/b15-11-. The van der Waals surface area contributed by atoms with Gasteiger partial charge in [0, 0.05) is 19.5 Å². The van der Waals surface area contributed by atoms with Gasteiger partial charge in [-0.3, -0.25) is 19.3 Å². The Morgan fingerprint density at radius 2 is 1.88 bits per heavy atom. The quantitative estimate of drug-likeness (QED) is 0.771. The number of nitrogens with zero attached hydrogens (tertiary/aromatic N) is 1. The van der Waals surface area contributed by atoms with E-state index < -0.39 is 0 Å². The van der Waals surface area contributed by atoms with E-state index in [1.165, 1.54) is 0 Å². The number of carbonyl (C=O) groups is 3. The van der Waals surface area contributed by atoms with Crippen molar-refractivity contribution in [3.8, 4) is 5.75 Å². The van der Waals surface area contributed by atoms with Crippen LogP contribution in [0.1, 0.15) is 32.8 Å². The second-order valence-corrected chi connectivity index (χ2v) is 8.19. The van der Waals surface area contributed by atoms with Crippen molar-refractivity contribution in [3.63, 3.8) is 0 Å². The van der Waals surface area contributed by atoms with Crippen molar-refractivity contribution in [2.75, 3.05) is 20.2 Å². The molecule has 1 heterocycles. The molecule has 1 aliphatic heterocycles. The molecule has 1 fully saturated rings. The summed E-state index contributed by atoms with van der Waals surface area (Å²) in [6.45, 7) is 6.36. The highest BCUT2D eigenvalue weighted by Crippen LogP contribution is 2.32. The number of thioether (sulfide) groups is 1. The van der Waals surface area contributed by atoms with E-state index >= 15 is 0 Å². The first-order chi connectivity index (χ1) is 12.2. The average molecular weight is 376 g/mol. The second-order valence-electron chi connectivity index (χ2n) is 7.19. The lowest BCUT2D eigenvalue weighted by atomic mass is 9.92. The lowest BCUT2D eigenvalue weighted by molar-refractivity contribution is -0.125. The second kappa shape index (κ2) is 8.40. The highest BCUT2D eigenvalue weighted by molar-refractivity contribution is 8.18. The molecule has 0 saturated carbocycles. The van der Waals surface area contributed by atoms with Crippen LogP contribution in [-0.4, -0.2) is 42.2 Å². The number of hydrogen-bond acceptors (Lipinski definition) is 5. The first-order valence-corrected chi connectivity index (χ1v) is 9.17. The summed E-state index contributed by atoms with van der Waals surface area (Å²) in [7, 11) is 1.58. The first kappa shape index (κ1) is 20.0. The van der Waals surface area contributed by atoms with Gasteiger partial charge in [0.1, 0.15) is 5.75 Å². The number of ether oxygens (including phenoxy) is 1. The fourth-order valence-electron chi connectivity index (χ4n) is 2.40. The van der Waals surface area contributed by atoms with Gasteiger partial charge in [0.25, 0.3) is 11.1 Å². The molecular weight excluding hydrogens is 352 g/mol. The first-order valence-electron chi connectivity index (χ1n) is 8.36. The molecule has 26 heavy (non-hydrogen) atoms. The fraction of sp³-hybridized carbons (Fsp3) is 0.421. The lowest BCUT2D eigenvalue weighted by Gasteiger charge is -2.18. The topological polar surface area (TPSA) is 75.7 Å². The van der Waals surface area contributed by atoms with Crippen molar-refractivity contribution < 1.29 is 19.1 Å². The molecule has 1 saturated heterocycles. The van der Waals surface area contributed by atoms with E-state index in [-0.39, 0.29) is 35.6 Å². The van der Waals surface area contributed by atoms with Crippen molar-refractivity contribution in [1.82, 2.24) is 10.2 Å². The monoisotopic (exact) mass is 376 g/mol. The van der Waals surface area contributed by atoms with Crippen molar-refractivity contribution >= 4 is 34.9 Å². The smallest absolute Gasteiger partial charge is 0.293 e. The maximum absolute atomic E-state index is 12.4. The summed E-state index contributed by atoms with van der Waals surface area (Å²) in [6, 6.07) is 7.22. The minimum atomic E-state index is -0.333. The highest BCUT2D eigenvalue weighted by atomic mass is 32.2. The molecule has 1 aromatic rings. The fourth-order valence-corrected chi connectivity index (χ4v) is 3.26. The van der Waals surface area contributed by atoms with Crippen LogP contribution in [0.15, 0.2) is 29.2 Å². The van der Waals surface area contributed by atoms with Gasteiger partial charge in [-0.15, -0.1) is 0 Å². The Morgan fingerprint density at radius 3 is 2.46 bits per heavy atom. The summed E-state index contributed by atoms with van der Waals surface area (Å²) in [6.07, 6.45) is 2.08. The van der Waals surface area contributed by atoms with Crippen LogP contribution in [-0.2, 0) is 9.59 Å². The molecule has 3 amide bonds. The van der Waals surface area contributed by atoms with Gasteiger partial charge < -0.3 is 10.1 Å². The van der Waals surface area contributed by atoms with E-state index in [2.05, 4.69) is 5.32 Å². The Kier molecular flexibility index (Phi) is 6.47. The van der Waals surface area contributed by atoms with Gasteiger partial charge >= 0.3 is 0 Å². The van der Waals surface area contributed by atoms with Crippen LogP contribution >= 0.6 is 11.8 Å². The zero-order valence-electron chi connectivity index (χ0n) is 15.5. The normalized spacial score (nSPS) is 16.3. The van der Waals surface area contributed by atoms with Crippen LogP contribution in [0.2, 0.25) is 0 Å². The van der Waals surface area contributed by atoms with Gasteiger partial charge in [-0.25, -0.2) is 0 Å². The number of methoxy groups -OCH3 is 1. The van der Waals surface area contributed by atoms with Crippen molar-refractivity contribution in [3.05, 3.63) is 34.7 Å². The largest absolute Gasteiger partial charge is 0.497 e. The Morgan fingerprint density at radius 1 is 1.23 bits per heavy atom. The maximum atomic E-state index is 12.4. The molecule has 0 atom stereocenters. The van der Waals surface area contributed by atoms with E-state index in [0.29, 0.717) is 11.3 Å². The Balaban J connectivity index is 1.93. The molecule has 1 aliphatic rings. The van der Waals surface area contributed by atoms with E-state index in [4.69, 9.17) is 4.74 Å². The summed E-state index contributed by atoms with van der Waals surface area (Å²) in [5.41, 5.74) is 0.711. The maximum Gasteiger partial charge on any atom is 0.293 e. The minimum absolute atomic E-state index is 0.0850. The molecule has 6 nitrogen and oxygen atoms in total. The van der Waals surface area contributed by atoms with Gasteiger partial charge in [0.2, 0.25) is 5.91 Å². The average Bonchev–Trinajstić information content (AvgIpc) is 2.81. The van der Waals surface area contributed by atoms with E-state index in [0.717, 1.165) is 28.0 Å². The summed E-state index contributed by atoms with van der Waals surface area (Å²) >= 11 is 0.910. The molecule has 0 aromatic heterocycles. The number of rotatable bonds is 6. The van der Waals surface area contributed by atoms with Crippen LogP contribution in [0, 0.1) is 5.41 Å². The highest BCUT2D eigenvalue weighted by Gasteiger charge is 2.34. The van der Waals surface area contributed by atoms with Gasteiger partial charge in [0.05, 0.1) is 12.0 Å². The molecule has 0 unspecified atom stereocenters. The molecule has 2 rings (SSSR count).